The Morgan fingerprint density at radius 2 is 2.07 bits per heavy atom. The van der Waals surface area contributed by atoms with E-state index in [1.54, 1.807) is 11.3 Å². The van der Waals surface area contributed by atoms with Crippen molar-refractivity contribution in [3.05, 3.63) is 50.1 Å². The molecule has 15 heavy (non-hydrogen) atoms. The molecule has 0 amide bonds. The zero-order valence-corrected chi connectivity index (χ0v) is 10.9. The Labute approximate surface area is 102 Å². The van der Waals surface area contributed by atoms with Crippen molar-refractivity contribution >= 4 is 33.0 Å². The van der Waals surface area contributed by atoms with E-state index in [9.17, 15) is 0 Å². The summed E-state index contributed by atoms with van der Waals surface area (Å²) in [7, 11) is 0. The lowest BCUT2D eigenvalue weighted by molar-refractivity contribution is 1.23. The standard InChI is InChI=1S/C12H12BrNS/c1-8-3-2-4-9(12(8)14)7-10-5-6-11(13)15-10/h2-6H,7,14H2,1H3. The van der Waals surface area contributed by atoms with Gasteiger partial charge in [0.2, 0.25) is 0 Å². The van der Waals surface area contributed by atoms with E-state index in [2.05, 4.69) is 40.2 Å². The number of para-hydroxylation sites is 1. The lowest BCUT2D eigenvalue weighted by Gasteiger charge is -2.06. The molecule has 0 spiro atoms. The number of halogens is 1. The van der Waals surface area contributed by atoms with Gasteiger partial charge >= 0.3 is 0 Å². The molecular formula is C12H12BrNS. The highest BCUT2D eigenvalue weighted by Crippen LogP contribution is 2.26. The highest BCUT2D eigenvalue weighted by Gasteiger charge is 2.04. The van der Waals surface area contributed by atoms with Gasteiger partial charge in [-0.2, -0.15) is 0 Å². The molecule has 0 aliphatic carbocycles. The summed E-state index contributed by atoms with van der Waals surface area (Å²) >= 11 is 5.22. The molecule has 3 heteroatoms. The molecule has 0 saturated carbocycles. The minimum atomic E-state index is 0.919. The maximum atomic E-state index is 6.03. The first-order valence-electron chi connectivity index (χ1n) is 4.75. The van der Waals surface area contributed by atoms with E-state index >= 15 is 0 Å². The van der Waals surface area contributed by atoms with Gasteiger partial charge in [0.05, 0.1) is 3.79 Å². The van der Waals surface area contributed by atoms with Gasteiger partial charge in [-0.25, -0.2) is 0 Å². The van der Waals surface area contributed by atoms with Crippen LogP contribution in [0, 0.1) is 6.92 Å². The van der Waals surface area contributed by atoms with E-state index in [-0.39, 0.29) is 0 Å². The van der Waals surface area contributed by atoms with Gasteiger partial charge in [-0.1, -0.05) is 18.2 Å². The van der Waals surface area contributed by atoms with Crippen LogP contribution in [0.15, 0.2) is 34.1 Å². The first kappa shape index (κ1) is 10.7. The Bertz CT molecular complexity index is 476. The van der Waals surface area contributed by atoms with Crippen molar-refractivity contribution in [2.45, 2.75) is 13.3 Å². The van der Waals surface area contributed by atoms with Crippen LogP contribution in [0.5, 0.6) is 0 Å². The van der Waals surface area contributed by atoms with Crippen LogP contribution in [0.25, 0.3) is 0 Å². The van der Waals surface area contributed by atoms with Crippen LogP contribution in [0.4, 0.5) is 5.69 Å². The van der Waals surface area contributed by atoms with Crippen LogP contribution in [0.2, 0.25) is 0 Å². The number of hydrogen-bond acceptors (Lipinski definition) is 2. The predicted molar refractivity (Wildman–Crippen MR) is 70.4 cm³/mol. The van der Waals surface area contributed by atoms with Crippen molar-refractivity contribution < 1.29 is 0 Å². The van der Waals surface area contributed by atoms with E-state index in [0.717, 1.165) is 17.7 Å². The van der Waals surface area contributed by atoms with Crippen molar-refractivity contribution in [1.82, 2.24) is 0 Å². The van der Waals surface area contributed by atoms with Crippen LogP contribution in [0.1, 0.15) is 16.0 Å². The molecule has 0 atom stereocenters. The molecule has 0 aliphatic rings. The second kappa shape index (κ2) is 4.37. The Hall–Kier alpha value is -0.800. The number of nitrogen functional groups attached to an aromatic ring is 1. The Morgan fingerprint density at radius 3 is 2.73 bits per heavy atom. The third kappa shape index (κ3) is 2.41. The molecule has 0 unspecified atom stereocenters. The molecule has 2 rings (SSSR count). The summed E-state index contributed by atoms with van der Waals surface area (Å²) < 4.78 is 1.17. The lowest BCUT2D eigenvalue weighted by Crippen LogP contribution is -1.96. The minimum Gasteiger partial charge on any atom is -0.398 e. The second-order valence-corrected chi connectivity index (χ2v) is 6.08. The first-order chi connectivity index (χ1) is 7.16. The molecule has 0 radical (unpaired) electrons. The van der Waals surface area contributed by atoms with Gasteiger partial charge in [-0.3, -0.25) is 0 Å². The zero-order valence-electron chi connectivity index (χ0n) is 8.46. The first-order valence-corrected chi connectivity index (χ1v) is 6.36. The fraction of sp³-hybridized carbons (Fsp3) is 0.167. The van der Waals surface area contributed by atoms with Crippen LogP contribution in [-0.4, -0.2) is 0 Å². The monoisotopic (exact) mass is 281 g/mol. The number of anilines is 1. The Kier molecular flexibility index (Phi) is 3.12. The van der Waals surface area contributed by atoms with Crippen LogP contribution < -0.4 is 5.73 Å². The van der Waals surface area contributed by atoms with Gasteiger partial charge in [-0.05, 0) is 46.1 Å². The quantitative estimate of drug-likeness (QED) is 0.828. The number of hydrogen-bond donors (Lipinski definition) is 1. The fourth-order valence-corrected chi connectivity index (χ4v) is 3.04. The van der Waals surface area contributed by atoms with Gasteiger partial charge < -0.3 is 5.73 Å². The van der Waals surface area contributed by atoms with Crippen molar-refractivity contribution in [3.8, 4) is 0 Å². The van der Waals surface area contributed by atoms with E-state index in [1.807, 2.05) is 13.0 Å². The van der Waals surface area contributed by atoms with Crippen molar-refractivity contribution in [2.75, 3.05) is 5.73 Å². The highest BCUT2D eigenvalue weighted by molar-refractivity contribution is 9.11. The van der Waals surface area contributed by atoms with Crippen LogP contribution >= 0.6 is 27.3 Å². The van der Waals surface area contributed by atoms with Gasteiger partial charge in [0.25, 0.3) is 0 Å². The molecule has 1 heterocycles. The minimum absolute atomic E-state index is 0.919. The van der Waals surface area contributed by atoms with E-state index in [1.165, 1.54) is 14.2 Å². The molecule has 78 valence electrons. The summed E-state index contributed by atoms with van der Waals surface area (Å²) in [6.45, 7) is 2.04. The number of aryl methyl sites for hydroxylation is 1. The Balaban J connectivity index is 2.28. The van der Waals surface area contributed by atoms with E-state index in [0.29, 0.717) is 0 Å². The molecule has 1 aromatic carbocycles. The molecule has 2 aromatic rings. The number of nitrogens with two attached hydrogens (primary N) is 1. The van der Waals surface area contributed by atoms with Crippen molar-refractivity contribution in [2.24, 2.45) is 0 Å². The third-order valence-electron chi connectivity index (χ3n) is 2.41. The van der Waals surface area contributed by atoms with Crippen molar-refractivity contribution in [1.29, 1.82) is 0 Å². The molecule has 0 saturated heterocycles. The fourth-order valence-electron chi connectivity index (χ4n) is 1.53. The van der Waals surface area contributed by atoms with Gasteiger partial charge in [0.1, 0.15) is 0 Å². The van der Waals surface area contributed by atoms with Crippen LogP contribution in [-0.2, 0) is 6.42 Å². The van der Waals surface area contributed by atoms with E-state index in [4.69, 9.17) is 5.73 Å². The SMILES string of the molecule is Cc1cccc(Cc2ccc(Br)s2)c1N. The second-order valence-electron chi connectivity index (χ2n) is 3.53. The molecular weight excluding hydrogens is 270 g/mol. The predicted octanol–water partition coefficient (Wildman–Crippen LogP) is 3.99. The maximum absolute atomic E-state index is 6.03. The third-order valence-corrected chi connectivity index (χ3v) is 4.03. The smallest absolute Gasteiger partial charge is 0.0701 e. The van der Waals surface area contributed by atoms with E-state index < -0.39 is 0 Å². The topological polar surface area (TPSA) is 26.0 Å². The van der Waals surface area contributed by atoms with Crippen LogP contribution in [0.3, 0.4) is 0 Å². The average molecular weight is 282 g/mol. The summed E-state index contributed by atoms with van der Waals surface area (Å²) in [4.78, 5) is 1.33. The van der Waals surface area contributed by atoms with Gasteiger partial charge in [0, 0.05) is 17.0 Å². The lowest BCUT2D eigenvalue weighted by atomic mass is 10.1. The normalized spacial score (nSPS) is 10.5. The molecule has 0 aliphatic heterocycles. The number of rotatable bonds is 2. The summed E-state index contributed by atoms with van der Waals surface area (Å²) in [5, 5.41) is 0. The Morgan fingerprint density at radius 1 is 1.27 bits per heavy atom. The molecule has 1 nitrogen and oxygen atoms in total. The molecule has 1 aromatic heterocycles. The largest absolute Gasteiger partial charge is 0.398 e. The molecule has 0 bridgehead atoms. The maximum Gasteiger partial charge on any atom is 0.0701 e. The highest BCUT2D eigenvalue weighted by atomic mass is 79.9. The number of thiophene rings is 1. The summed E-state index contributed by atoms with van der Waals surface area (Å²) in [6.07, 6.45) is 0.920. The molecule has 0 fully saturated rings. The number of benzene rings is 1. The summed E-state index contributed by atoms with van der Waals surface area (Å²) in [6, 6.07) is 10.4. The zero-order chi connectivity index (χ0) is 10.8. The van der Waals surface area contributed by atoms with Gasteiger partial charge in [-0.15, -0.1) is 11.3 Å². The average Bonchev–Trinajstić information content (AvgIpc) is 2.59. The van der Waals surface area contributed by atoms with Crippen molar-refractivity contribution in [3.63, 3.8) is 0 Å². The van der Waals surface area contributed by atoms with Gasteiger partial charge in [0.15, 0.2) is 0 Å². The molecule has 2 N–H and O–H groups in total. The summed E-state index contributed by atoms with van der Waals surface area (Å²) in [5.74, 6) is 0. The summed E-state index contributed by atoms with van der Waals surface area (Å²) in [5.41, 5.74) is 9.32.